The minimum atomic E-state index is -0.482. The van der Waals surface area contributed by atoms with Crippen LogP contribution in [0.3, 0.4) is 0 Å². The second-order valence-corrected chi connectivity index (χ2v) is 4.86. The van der Waals surface area contributed by atoms with Gasteiger partial charge in [-0.05, 0) is 31.4 Å². The van der Waals surface area contributed by atoms with Gasteiger partial charge in [0.25, 0.3) is 0 Å². The minimum Gasteiger partial charge on any atom is -0.496 e. The predicted octanol–water partition coefficient (Wildman–Crippen LogP) is 2.28. The van der Waals surface area contributed by atoms with Crippen LogP contribution in [0.15, 0.2) is 17.1 Å². The van der Waals surface area contributed by atoms with Gasteiger partial charge in [-0.2, -0.15) is 4.99 Å². The number of aliphatic imine (C=N–C) groups is 1. The van der Waals surface area contributed by atoms with Crippen molar-refractivity contribution < 1.29 is 19.0 Å². The van der Waals surface area contributed by atoms with E-state index in [4.69, 9.17) is 14.2 Å². The lowest BCUT2D eigenvalue weighted by Crippen LogP contribution is -2.32. The van der Waals surface area contributed by atoms with Crippen molar-refractivity contribution in [3.8, 4) is 11.5 Å². The smallest absolute Gasteiger partial charge is 0.235 e. The number of hydrogen-bond donors (Lipinski definition) is 0. The number of rotatable bonds is 3. The Morgan fingerprint density at radius 1 is 1.42 bits per heavy atom. The molecule has 0 amide bonds. The van der Waals surface area contributed by atoms with E-state index in [1.54, 1.807) is 13.2 Å². The van der Waals surface area contributed by atoms with Gasteiger partial charge in [-0.25, -0.2) is 4.79 Å². The van der Waals surface area contributed by atoms with Gasteiger partial charge >= 0.3 is 0 Å². The van der Waals surface area contributed by atoms with Gasteiger partial charge in [-0.1, -0.05) is 0 Å². The fraction of sp³-hybridized carbons (Fsp3) is 0.500. The highest BCUT2D eigenvalue weighted by atomic mass is 16.7. The van der Waals surface area contributed by atoms with Crippen LogP contribution in [0.2, 0.25) is 0 Å². The van der Waals surface area contributed by atoms with Gasteiger partial charge in [-0.3, -0.25) is 0 Å². The molecule has 5 nitrogen and oxygen atoms in total. The number of ether oxygens (including phenoxy) is 3. The molecule has 100 valence electrons. The van der Waals surface area contributed by atoms with E-state index in [-0.39, 0.29) is 6.79 Å². The first-order valence-corrected chi connectivity index (χ1v) is 6.30. The Labute approximate surface area is 111 Å². The zero-order valence-electron chi connectivity index (χ0n) is 10.8. The maximum atomic E-state index is 10.7. The number of carbonyl (C=O) groups excluding carboxylic acids is 1. The number of benzene rings is 1. The largest absolute Gasteiger partial charge is 0.496 e. The van der Waals surface area contributed by atoms with Gasteiger partial charge in [-0.15, -0.1) is 0 Å². The fourth-order valence-corrected chi connectivity index (χ4v) is 2.68. The van der Waals surface area contributed by atoms with Crippen molar-refractivity contribution in [3.05, 3.63) is 23.3 Å². The highest BCUT2D eigenvalue weighted by Gasteiger charge is 2.41. The van der Waals surface area contributed by atoms with Crippen LogP contribution in [0.25, 0.3) is 0 Å². The molecular weight excluding hydrogens is 246 g/mol. The van der Waals surface area contributed by atoms with E-state index in [2.05, 4.69) is 4.99 Å². The number of nitrogens with zero attached hydrogens (tertiary/aromatic N) is 1. The first-order valence-electron chi connectivity index (χ1n) is 6.30. The fourth-order valence-electron chi connectivity index (χ4n) is 2.68. The van der Waals surface area contributed by atoms with Gasteiger partial charge in [0.1, 0.15) is 17.0 Å². The van der Waals surface area contributed by atoms with Crippen LogP contribution >= 0.6 is 0 Å². The third-order valence-electron chi connectivity index (χ3n) is 3.88. The lowest BCUT2D eigenvalue weighted by Gasteiger charge is -2.38. The standard InChI is InChI=1S/C14H15NO4/c1-17-13-5-10-7-18-9-19-12(10)6-11(13)14(15-8-16)3-2-4-14/h5-6H,2-4,7,9H2,1H3. The summed E-state index contributed by atoms with van der Waals surface area (Å²) in [7, 11) is 1.62. The summed E-state index contributed by atoms with van der Waals surface area (Å²) in [5.41, 5.74) is 1.38. The normalized spacial score (nSPS) is 19.4. The molecule has 5 heteroatoms. The van der Waals surface area contributed by atoms with Crippen LogP contribution in [-0.2, 0) is 21.7 Å². The maximum absolute atomic E-state index is 10.7. The maximum Gasteiger partial charge on any atom is 0.235 e. The van der Waals surface area contributed by atoms with E-state index in [0.717, 1.165) is 41.9 Å². The first-order chi connectivity index (χ1) is 9.29. The molecule has 19 heavy (non-hydrogen) atoms. The second-order valence-electron chi connectivity index (χ2n) is 4.86. The van der Waals surface area contributed by atoms with Gasteiger partial charge < -0.3 is 14.2 Å². The van der Waals surface area contributed by atoms with Gasteiger partial charge in [0.05, 0.1) is 13.7 Å². The molecule has 3 rings (SSSR count). The SMILES string of the molecule is COc1cc2c(cc1C1(N=C=O)CCC1)OCOC2. The molecule has 1 aliphatic heterocycles. The van der Waals surface area contributed by atoms with E-state index < -0.39 is 5.54 Å². The minimum absolute atomic E-state index is 0.253. The van der Waals surface area contributed by atoms with E-state index in [1.165, 1.54) is 0 Å². The average Bonchev–Trinajstić information content (AvgIpc) is 2.41. The molecule has 1 heterocycles. The molecule has 2 aliphatic rings. The summed E-state index contributed by atoms with van der Waals surface area (Å²) in [5.74, 6) is 1.51. The summed E-state index contributed by atoms with van der Waals surface area (Å²) in [6, 6.07) is 3.83. The summed E-state index contributed by atoms with van der Waals surface area (Å²) < 4.78 is 16.2. The molecule has 1 aromatic rings. The van der Waals surface area contributed by atoms with Gasteiger partial charge in [0, 0.05) is 11.1 Å². The van der Waals surface area contributed by atoms with Crippen LogP contribution in [0, 0.1) is 0 Å². The Bertz CT molecular complexity index is 545. The van der Waals surface area contributed by atoms with Gasteiger partial charge in [0.15, 0.2) is 6.79 Å². The van der Waals surface area contributed by atoms with E-state index in [1.807, 2.05) is 12.1 Å². The van der Waals surface area contributed by atoms with Crippen molar-refractivity contribution in [1.82, 2.24) is 0 Å². The van der Waals surface area contributed by atoms with E-state index in [9.17, 15) is 4.79 Å². The average molecular weight is 261 g/mol. The Kier molecular flexibility index (Phi) is 3.01. The Morgan fingerprint density at radius 2 is 2.26 bits per heavy atom. The summed E-state index contributed by atoms with van der Waals surface area (Å²) in [6.45, 7) is 0.763. The molecule has 0 atom stereocenters. The summed E-state index contributed by atoms with van der Waals surface area (Å²) in [5, 5.41) is 0. The monoisotopic (exact) mass is 261 g/mol. The van der Waals surface area contributed by atoms with Crippen LogP contribution in [0.1, 0.15) is 30.4 Å². The summed E-state index contributed by atoms with van der Waals surface area (Å²) in [6.07, 6.45) is 4.43. The molecule has 0 unspecified atom stereocenters. The molecule has 1 aromatic carbocycles. The first kappa shape index (κ1) is 12.2. The van der Waals surface area contributed by atoms with Crippen molar-refractivity contribution in [3.63, 3.8) is 0 Å². The number of fused-ring (bicyclic) bond motifs is 1. The summed E-state index contributed by atoms with van der Waals surface area (Å²) >= 11 is 0. The molecule has 1 aliphatic carbocycles. The van der Waals surface area contributed by atoms with Crippen molar-refractivity contribution in [2.24, 2.45) is 4.99 Å². The second kappa shape index (κ2) is 4.68. The molecule has 0 radical (unpaired) electrons. The van der Waals surface area contributed by atoms with Crippen LogP contribution in [-0.4, -0.2) is 20.0 Å². The quantitative estimate of drug-likeness (QED) is 0.618. The van der Waals surface area contributed by atoms with Crippen LogP contribution in [0.5, 0.6) is 11.5 Å². The number of methoxy groups -OCH3 is 1. The van der Waals surface area contributed by atoms with Crippen LogP contribution < -0.4 is 9.47 Å². The lowest BCUT2D eigenvalue weighted by molar-refractivity contribution is -0.0167. The van der Waals surface area contributed by atoms with Gasteiger partial charge in [0.2, 0.25) is 6.08 Å². The molecule has 0 spiro atoms. The Morgan fingerprint density at radius 3 is 2.89 bits per heavy atom. The van der Waals surface area contributed by atoms with Crippen molar-refractivity contribution in [1.29, 1.82) is 0 Å². The number of isocyanates is 1. The zero-order chi connectivity index (χ0) is 13.3. The third kappa shape index (κ3) is 1.91. The molecule has 0 saturated heterocycles. The highest BCUT2D eigenvalue weighted by molar-refractivity contribution is 5.52. The molecule has 0 N–H and O–H groups in total. The molecule has 1 fully saturated rings. The highest BCUT2D eigenvalue weighted by Crippen LogP contribution is 2.49. The topological polar surface area (TPSA) is 57.1 Å². The molecule has 0 bridgehead atoms. The van der Waals surface area contributed by atoms with Crippen molar-refractivity contribution in [2.45, 2.75) is 31.4 Å². The van der Waals surface area contributed by atoms with Crippen molar-refractivity contribution >= 4 is 6.08 Å². The van der Waals surface area contributed by atoms with Crippen LogP contribution in [0.4, 0.5) is 0 Å². The Hall–Kier alpha value is -1.84. The lowest BCUT2D eigenvalue weighted by atomic mass is 9.71. The third-order valence-corrected chi connectivity index (χ3v) is 3.88. The molecule has 0 aromatic heterocycles. The predicted molar refractivity (Wildman–Crippen MR) is 66.9 cm³/mol. The molecule has 1 saturated carbocycles. The molecular formula is C14H15NO4. The van der Waals surface area contributed by atoms with E-state index in [0.29, 0.717) is 6.61 Å². The van der Waals surface area contributed by atoms with E-state index >= 15 is 0 Å². The zero-order valence-corrected chi connectivity index (χ0v) is 10.8. The number of hydrogen-bond acceptors (Lipinski definition) is 5. The van der Waals surface area contributed by atoms with Crippen molar-refractivity contribution in [2.75, 3.05) is 13.9 Å². The summed E-state index contributed by atoms with van der Waals surface area (Å²) in [4.78, 5) is 14.7. The Balaban J connectivity index is 2.11.